The van der Waals surface area contributed by atoms with Crippen LogP contribution in [0.4, 0.5) is 14.7 Å². The highest BCUT2D eigenvalue weighted by atomic mass is 31.3. The summed E-state index contributed by atoms with van der Waals surface area (Å²) in [6, 6.07) is -0.414. The number of allylic oxidation sites excluding steroid dienone is 1. The van der Waals surface area contributed by atoms with E-state index in [2.05, 4.69) is 23.8 Å². The quantitative estimate of drug-likeness (QED) is 0.189. The third kappa shape index (κ3) is 4.80. The van der Waals surface area contributed by atoms with Gasteiger partial charge in [0.2, 0.25) is 13.5 Å². The summed E-state index contributed by atoms with van der Waals surface area (Å²) in [6.07, 6.45) is 4.80. The van der Waals surface area contributed by atoms with Crippen LogP contribution in [0.1, 0.15) is 12.5 Å². The Bertz CT molecular complexity index is 1280. The van der Waals surface area contributed by atoms with Crippen molar-refractivity contribution in [3.8, 4) is 0 Å². The van der Waals surface area contributed by atoms with E-state index in [-0.39, 0.29) is 23.5 Å². The van der Waals surface area contributed by atoms with Crippen molar-refractivity contribution in [3.05, 3.63) is 28.8 Å². The van der Waals surface area contributed by atoms with Gasteiger partial charge < -0.3 is 29.5 Å². The van der Waals surface area contributed by atoms with Crippen molar-refractivity contribution >= 4 is 47.3 Å². The number of anilines is 1. The van der Waals surface area contributed by atoms with Crippen molar-refractivity contribution in [2.24, 2.45) is 5.92 Å². The molecule has 1 aliphatic rings. The zero-order valence-corrected chi connectivity index (χ0v) is 18.4. The molecule has 2 aromatic rings. The first-order chi connectivity index (χ1) is 14.5. The highest BCUT2D eigenvalue weighted by molar-refractivity contribution is 7.86. The predicted octanol–water partition coefficient (Wildman–Crippen LogP) is 1.04. The molecule has 14 nitrogen and oxygen atoms in total. The largest absolute Gasteiger partial charge is 0.444 e. The smallest absolute Gasteiger partial charge is 0.369 e. The van der Waals surface area contributed by atoms with Crippen LogP contribution < -0.4 is 11.3 Å². The van der Waals surface area contributed by atoms with Crippen LogP contribution in [-0.4, -0.2) is 53.8 Å². The molecule has 2 aromatic heterocycles. The molecule has 0 aliphatic heterocycles. The Balaban J connectivity index is 1.66. The lowest BCUT2D eigenvalue weighted by atomic mass is 10.1. The van der Waals surface area contributed by atoms with E-state index < -0.39 is 52.2 Å². The zero-order valence-electron chi connectivity index (χ0n) is 15.7. The van der Waals surface area contributed by atoms with E-state index >= 15 is 0 Å². The minimum atomic E-state index is -6.48. The number of nitrogens with zero attached hydrogens (tertiary/aromatic N) is 3. The van der Waals surface area contributed by atoms with E-state index in [0.29, 0.717) is 0 Å². The number of halogens is 2. The standard InChI is InChI=1S/C12H15BF2N5O9P3/c13-32(27,29-31(25,26)12(14,15)30(22,23)24)28-4-6-1-2-7(3-6)20-5-17-8-9(20)18-11(16)19-10(8)21/h1-2,5-7H,3-4H2,(H,25,26)(H2,22,23,24)(H3,16,18,19,21)/t6-,7+,32?/m1/s1. The van der Waals surface area contributed by atoms with Crippen molar-refractivity contribution < 1.29 is 46.0 Å². The zero-order chi connectivity index (χ0) is 24.1. The van der Waals surface area contributed by atoms with Crippen molar-refractivity contribution in [1.29, 1.82) is 0 Å². The van der Waals surface area contributed by atoms with Crippen LogP contribution in [0.3, 0.4) is 0 Å². The number of nitrogen functional groups attached to an aromatic ring is 1. The van der Waals surface area contributed by atoms with Gasteiger partial charge in [-0.05, 0) is 6.42 Å². The van der Waals surface area contributed by atoms with Crippen LogP contribution in [-0.2, 0) is 22.5 Å². The van der Waals surface area contributed by atoms with Gasteiger partial charge in [0.15, 0.2) is 11.2 Å². The van der Waals surface area contributed by atoms with Crippen molar-refractivity contribution in [2.45, 2.75) is 17.9 Å². The predicted molar refractivity (Wildman–Crippen MR) is 106 cm³/mol. The van der Waals surface area contributed by atoms with Crippen LogP contribution in [0.2, 0.25) is 0 Å². The molecule has 0 amide bonds. The third-order valence-corrected chi connectivity index (χ3v) is 9.57. The Morgan fingerprint density at radius 3 is 2.59 bits per heavy atom. The second-order valence-corrected chi connectivity index (χ2v) is 12.3. The first-order valence-corrected chi connectivity index (χ1v) is 13.3. The van der Waals surface area contributed by atoms with Gasteiger partial charge >= 0.3 is 20.6 Å². The van der Waals surface area contributed by atoms with E-state index in [0.717, 1.165) is 0 Å². The van der Waals surface area contributed by atoms with E-state index in [9.17, 15) is 32.2 Å². The van der Waals surface area contributed by atoms with E-state index in [1.54, 1.807) is 12.2 Å². The van der Waals surface area contributed by atoms with Crippen molar-refractivity contribution in [1.82, 2.24) is 19.5 Å². The van der Waals surface area contributed by atoms with Gasteiger partial charge in [0.1, 0.15) is 0 Å². The first-order valence-electron chi connectivity index (χ1n) is 8.45. The molecule has 6 N–H and O–H groups in total. The molecular formula is C12H15BF2N5O9P3. The average molecular weight is 515 g/mol. The van der Waals surface area contributed by atoms with Gasteiger partial charge in [-0.25, -0.2) is 9.29 Å². The number of alkyl halides is 2. The van der Waals surface area contributed by atoms with Crippen LogP contribution in [0.5, 0.6) is 0 Å². The van der Waals surface area contributed by atoms with Gasteiger partial charge in [-0.15, -0.1) is 0 Å². The molecule has 4 atom stereocenters. The fourth-order valence-corrected chi connectivity index (χ4v) is 6.72. The lowest BCUT2D eigenvalue weighted by Crippen LogP contribution is -2.18. The number of H-pyrrole nitrogens is 1. The maximum absolute atomic E-state index is 13.5. The summed E-state index contributed by atoms with van der Waals surface area (Å²) in [6.45, 7) is -0.523. The molecule has 174 valence electrons. The van der Waals surface area contributed by atoms with E-state index in [1.165, 1.54) is 10.9 Å². The second kappa shape index (κ2) is 8.26. The number of hydrogen-bond acceptors (Lipinski definition) is 9. The number of aromatic amines is 1. The summed E-state index contributed by atoms with van der Waals surface area (Å²) in [5.74, 6) is -0.675. The highest BCUT2D eigenvalue weighted by Gasteiger charge is 2.66. The molecule has 1 aliphatic carbocycles. The summed E-state index contributed by atoms with van der Waals surface area (Å²) in [4.78, 5) is 48.4. The van der Waals surface area contributed by atoms with Gasteiger partial charge in [-0.1, -0.05) is 12.2 Å². The molecule has 2 heterocycles. The molecule has 3 rings (SSSR count). The SMILES string of the molecule is [B]P(=O)(OC[C@@H]1C=C[C@H](n2cnc3c(=O)[nH]c(N)nc32)C1)OP(=O)(O)C(F)(F)P(=O)(O)O. The average Bonchev–Trinajstić information content (AvgIpc) is 3.24. The van der Waals surface area contributed by atoms with E-state index in [1.807, 2.05) is 0 Å². The molecule has 32 heavy (non-hydrogen) atoms. The van der Waals surface area contributed by atoms with Gasteiger partial charge in [0, 0.05) is 5.92 Å². The van der Waals surface area contributed by atoms with Gasteiger partial charge in [-0.3, -0.25) is 23.5 Å². The summed E-state index contributed by atoms with van der Waals surface area (Å²) >= 11 is 0. The Morgan fingerprint density at radius 2 is 1.97 bits per heavy atom. The number of imidazole rings is 1. The molecule has 2 unspecified atom stereocenters. The Morgan fingerprint density at radius 1 is 1.31 bits per heavy atom. The number of fused-ring (bicyclic) bond motifs is 1. The summed E-state index contributed by atoms with van der Waals surface area (Å²) in [5.41, 5.74) is 5.22. The Kier molecular flexibility index (Phi) is 6.44. The maximum Gasteiger partial charge on any atom is 0.444 e. The van der Waals surface area contributed by atoms with Gasteiger partial charge in [0.25, 0.3) is 13.0 Å². The number of nitrogens with one attached hydrogen (secondary N) is 1. The van der Waals surface area contributed by atoms with Crippen LogP contribution in [0.25, 0.3) is 11.2 Å². The minimum Gasteiger partial charge on any atom is -0.369 e. The fraction of sp³-hybridized carbons (Fsp3) is 0.417. The molecule has 0 fully saturated rings. The lowest BCUT2D eigenvalue weighted by molar-refractivity contribution is 0.106. The van der Waals surface area contributed by atoms with Gasteiger partial charge in [-0.2, -0.15) is 13.8 Å². The van der Waals surface area contributed by atoms with E-state index in [4.69, 9.17) is 23.1 Å². The number of rotatable bonds is 8. The number of nitrogens with two attached hydrogens (primary N) is 1. The normalized spacial score (nSPS) is 23.3. The van der Waals surface area contributed by atoms with Crippen molar-refractivity contribution in [2.75, 3.05) is 12.3 Å². The van der Waals surface area contributed by atoms with Crippen LogP contribution in [0.15, 0.2) is 23.3 Å². The number of aromatic nitrogens is 4. The Hall–Kier alpha value is -1.70. The summed E-state index contributed by atoms with van der Waals surface area (Å²) in [5, 5.41) is -5.55. The molecule has 0 aromatic carbocycles. The topological polar surface area (TPSA) is 220 Å². The third-order valence-electron chi connectivity index (χ3n) is 4.34. The summed E-state index contributed by atoms with van der Waals surface area (Å²) < 4.78 is 71.2. The first kappa shape index (κ1) is 24.9. The minimum absolute atomic E-state index is 0.0387. The molecule has 0 bridgehead atoms. The summed E-state index contributed by atoms with van der Waals surface area (Å²) in [7, 11) is -13.0. The lowest BCUT2D eigenvalue weighted by Gasteiger charge is -2.25. The fourth-order valence-electron chi connectivity index (χ4n) is 2.86. The Labute approximate surface area is 178 Å². The monoisotopic (exact) mass is 515 g/mol. The van der Waals surface area contributed by atoms with Crippen molar-refractivity contribution in [3.63, 3.8) is 0 Å². The van der Waals surface area contributed by atoms with Gasteiger partial charge in [0.05, 0.1) is 19.0 Å². The second-order valence-electron chi connectivity index (χ2n) is 6.71. The molecule has 0 saturated carbocycles. The molecular weight excluding hydrogens is 500 g/mol. The number of hydrogen-bond donors (Lipinski definition) is 5. The maximum atomic E-state index is 13.5. The molecule has 20 heteroatoms. The molecule has 0 spiro atoms. The van der Waals surface area contributed by atoms with Crippen LogP contribution >= 0.6 is 22.7 Å². The van der Waals surface area contributed by atoms with Crippen LogP contribution in [0, 0.1) is 5.92 Å². The molecule has 0 saturated heterocycles. The highest BCUT2D eigenvalue weighted by Crippen LogP contribution is 2.77. The molecule has 2 radical (unpaired) electrons.